The molecule has 0 N–H and O–H groups in total. The topological polar surface area (TPSA) is 35.5 Å². The highest BCUT2D eigenvalue weighted by molar-refractivity contribution is 7.79. The summed E-state index contributed by atoms with van der Waals surface area (Å²) < 4.78 is 22.1. The van der Waals surface area contributed by atoms with Gasteiger partial charge in [-0.05, 0) is 81.9 Å². The van der Waals surface area contributed by atoms with Crippen LogP contribution in [0.1, 0.15) is 103 Å². The Morgan fingerprint density at radius 2 is 1.83 bits per heavy atom. The normalized spacial score (nSPS) is 23.4. The predicted octanol–water partition coefficient (Wildman–Crippen LogP) is 7.47. The van der Waals surface area contributed by atoms with Gasteiger partial charge in [-0.2, -0.15) is 0 Å². The lowest BCUT2D eigenvalue weighted by molar-refractivity contribution is 0.0296. The van der Waals surface area contributed by atoms with Crippen LogP contribution in [-0.4, -0.2) is 22.7 Å². The van der Waals surface area contributed by atoms with Crippen LogP contribution in [0.5, 0.6) is 0 Å². The Hall–Kier alpha value is -0.710. The van der Waals surface area contributed by atoms with E-state index >= 15 is 0 Å². The van der Waals surface area contributed by atoms with Crippen molar-refractivity contribution < 1.29 is 13.1 Å². The lowest BCUT2D eigenvalue weighted by Crippen LogP contribution is -2.24. The molecular weight excluding hydrogens is 392 g/mol. The van der Waals surface area contributed by atoms with Crippen LogP contribution < -0.4 is 0 Å². The molecule has 1 aliphatic rings. The zero-order valence-corrected chi connectivity index (χ0v) is 21.8. The van der Waals surface area contributed by atoms with E-state index in [9.17, 15) is 4.21 Å². The molecule has 0 saturated carbocycles. The van der Waals surface area contributed by atoms with Gasteiger partial charge in [0.25, 0.3) is 0 Å². The summed E-state index contributed by atoms with van der Waals surface area (Å²) in [5, 5.41) is 0. The predicted molar refractivity (Wildman–Crippen MR) is 130 cm³/mol. The van der Waals surface area contributed by atoms with Gasteiger partial charge in [0.15, 0.2) is 11.1 Å². The maximum atomic E-state index is 10.9. The van der Waals surface area contributed by atoms with Crippen molar-refractivity contribution in [3.63, 3.8) is 0 Å². The van der Waals surface area contributed by atoms with E-state index in [4.69, 9.17) is 8.92 Å². The van der Waals surface area contributed by atoms with E-state index in [2.05, 4.69) is 54.5 Å². The first-order chi connectivity index (χ1) is 13.9. The molecule has 1 aliphatic heterocycles. The maximum absolute atomic E-state index is 10.9. The smallest absolute Gasteiger partial charge is 0.152 e. The molecule has 0 aliphatic carbocycles. The summed E-state index contributed by atoms with van der Waals surface area (Å²) in [5.74, 6) is 0.873. The van der Waals surface area contributed by atoms with E-state index in [-0.39, 0.29) is 11.7 Å². The Morgan fingerprint density at radius 1 is 1.17 bits per heavy atom. The van der Waals surface area contributed by atoms with Gasteiger partial charge in [0.1, 0.15) is 0 Å². The molecule has 174 valence electrons. The van der Waals surface area contributed by atoms with Crippen LogP contribution in [0.4, 0.5) is 0 Å². The van der Waals surface area contributed by atoms with E-state index in [1.54, 1.807) is 6.26 Å². The molecule has 0 amide bonds. The Morgan fingerprint density at radius 3 is 2.33 bits per heavy atom. The highest BCUT2D eigenvalue weighted by Crippen LogP contribution is 2.46. The van der Waals surface area contributed by atoms with Gasteiger partial charge in [-0.1, -0.05) is 58.2 Å². The standard InChI is InChI=1S/C15H30O.C11H16O2S/c1-6-9-15(10-8-13(3)7-2)11-14(4,5)16-12-15;1-8-6-5-7-11(9(8)2)10(3)13-14(4)12/h13H,6-12H2,1-5H3;5-7,10H,1-4H3. The first-order valence-electron chi connectivity index (χ1n) is 11.7. The van der Waals surface area contributed by atoms with Gasteiger partial charge in [-0.3, -0.25) is 4.18 Å². The van der Waals surface area contributed by atoms with Gasteiger partial charge >= 0.3 is 0 Å². The maximum Gasteiger partial charge on any atom is 0.152 e. The lowest BCUT2D eigenvalue weighted by Gasteiger charge is -2.29. The van der Waals surface area contributed by atoms with Crippen LogP contribution in [0, 0.1) is 25.2 Å². The Labute approximate surface area is 189 Å². The summed E-state index contributed by atoms with van der Waals surface area (Å²) in [7, 11) is 0. The van der Waals surface area contributed by atoms with Crippen LogP contribution in [0.15, 0.2) is 18.2 Å². The van der Waals surface area contributed by atoms with Crippen molar-refractivity contribution in [1.29, 1.82) is 0 Å². The second kappa shape index (κ2) is 12.4. The molecule has 2 rings (SSSR count). The van der Waals surface area contributed by atoms with Crippen molar-refractivity contribution in [3.05, 3.63) is 34.9 Å². The van der Waals surface area contributed by atoms with E-state index < -0.39 is 11.1 Å². The second-order valence-corrected chi connectivity index (χ2v) is 11.0. The van der Waals surface area contributed by atoms with Gasteiger partial charge < -0.3 is 4.74 Å². The molecule has 0 aromatic heterocycles. The average molecular weight is 439 g/mol. The summed E-state index contributed by atoms with van der Waals surface area (Å²) in [6.45, 7) is 18.5. The van der Waals surface area contributed by atoms with Gasteiger partial charge in [0.05, 0.1) is 18.3 Å². The number of rotatable bonds is 9. The Balaban J connectivity index is 0.000000303. The third kappa shape index (κ3) is 8.80. The van der Waals surface area contributed by atoms with Gasteiger partial charge in [-0.25, -0.2) is 4.21 Å². The van der Waals surface area contributed by atoms with Crippen molar-refractivity contribution in [2.75, 3.05) is 12.9 Å². The summed E-state index contributed by atoms with van der Waals surface area (Å²) in [6, 6.07) is 6.07. The molecule has 4 unspecified atom stereocenters. The largest absolute Gasteiger partial charge is 0.375 e. The van der Waals surface area contributed by atoms with Gasteiger partial charge in [-0.15, -0.1) is 0 Å². The van der Waals surface area contributed by atoms with Gasteiger partial charge in [0, 0.05) is 6.26 Å². The first kappa shape index (κ1) is 27.3. The first-order valence-corrected chi connectivity index (χ1v) is 13.1. The average Bonchev–Trinajstić information content (AvgIpc) is 2.97. The number of benzene rings is 1. The molecular formula is C26H46O3S. The molecule has 0 spiro atoms. The number of aryl methyl sites for hydroxylation is 1. The fourth-order valence-electron chi connectivity index (χ4n) is 4.56. The van der Waals surface area contributed by atoms with Crippen molar-refractivity contribution >= 4 is 11.1 Å². The van der Waals surface area contributed by atoms with Crippen molar-refractivity contribution in [2.45, 2.75) is 106 Å². The Kier molecular flexibility index (Phi) is 11.3. The van der Waals surface area contributed by atoms with E-state index in [1.165, 1.54) is 49.7 Å². The molecule has 4 atom stereocenters. The molecule has 1 fully saturated rings. The molecule has 1 aromatic carbocycles. The van der Waals surface area contributed by atoms with Crippen LogP contribution in [-0.2, 0) is 20.0 Å². The van der Waals surface area contributed by atoms with Crippen molar-refractivity contribution in [3.8, 4) is 0 Å². The molecule has 1 aromatic rings. The van der Waals surface area contributed by atoms with Gasteiger partial charge in [0.2, 0.25) is 0 Å². The van der Waals surface area contributed by atoms with Crippen LogP contribution in [0.25, 0.3) is 0 Å². The molecule has 4 heteroatoms. The fourth-order valence-corrected chi connectivity index (χ4v) is 5.07. The van der Waals surface area contributed by atoms with E-state index in [1.807, 2.05) is 19.1 Å². The molecule has 1 heterocycles. The highest BCUT2D eigenvalue weighted by atomic mass is 32.2. The van der Waals surface area contributed by atoms with Crippen LogP contribution in [0.2, 0.25) is 0 Å². The minimum absolute atomic E-state index is 0.110. The summed E-state index contributed by atoms with van der Waals surface area (Å²) in [6.07, 6.45) is 9.36. The zero-order valence-electron chi connectivity index (χ0n) is 21.0. The highest BCUT2D eigenvalue weighted by Gasteiger charge is 2.43. The number of hydrogen-bond acceptors (Lipinski definition) is 3. The minimum atomic E-state index is -1.21. The third-order valence-electron chi connectivity index (χ3n) is 6.58. The Bertz CT molecular complexity index is 670. The summed E-state index contributed by atoms with van der Waals surface area (Å²) in [4.78, 5) is 0. The molecule has 0 radical (unpaired) electrons. The second-order valence-electron chi connectivity index (χ2n) is 9.96. The SMILES string of the molecule is CCCC1(CCC(C)CC)COC(C)(C)C1.Cc1cccc(C(C)OS(C)=O)c1C. The number of hydrogen-bond donors (Lipinski definition) is 0. The van der Waals surface area contributed by atoms with Crippen LogP contribution >= 0.6 is 0 Å². The van der Waals surface area contributed by atoms with Crippen molar-refractivity contribution in [1.82, 2.24) is 0 Å². The molecule has 30 heavy (non-hydrogen) atoms. The minimum Gasteiger partial charge on any atom is -0.375 e. The summed E-state index contributed by atoms with van der Waals surface area (Å²) >= 11 is -1.21. The fraction of sp³-hybridized carbons (Fsp3) is 0.769. The van der Waals surface area contributed by atoms with Crippen molar-refractivity contribution in [2.24, 2.45) is 11.3 Å². The number of ether oxygens (including phenoxy) is 1. The quantitative estimate of drug-likeness (QED) is 0.401. The van der Waals surface area contributed by atoms with Crippen LogP contribution in [0.3, 0.4) is 0 Å². The third-order valence-corrected chi connectivity index (χ3v) is 7.14. The molecule has 0 bridgehead atoms. The van der Waals surface area contributed by atoms with E-state index in [0.29, 0.717) is 5.41 Å². The monoisotopic (exact) mass is 438 g/mol. The molecule has 3 nitrogen and oxygen atoms in total. The van der Waals surface area contributed by atoms with E-state index in [0.717, 1.165) is 18.1 Å². The summed E-state index contributed by atoms with van der Waals surface area (Å²) in [5.41, 5.74) is 4.16. The molecule has 1 saturated heterocycles. The lowest BCUT2D eigenvalue weighted by atomic mass is 9.74. The zero-order chi connectivity index (χ0) is 22.9.